The fraction of sp³-hybridized carbons (Fsp3) is 0.167. The summed E-state index contributed by atoms with van der Waals surface area (Å²) in [5.74, 6) is -0.629. The van der Waals surface area contributed by atoms with Crippen LogP contribution in [0.4, 0.5) is 10.1 Å². The van der Waals surface area contributed by atoms with Gasteiger partial charge in [0.05, 0.1) is 5.69 Å². The van der Waals surface area contributed by atoms with E-state index in [1.807, 2.05) is 0 Å². The topological polar surface area (TPSA) is 72.2 Å². The van der Waals surface area contributed by atoms with Crippen LogP contribution < -0.4 is 10.5 Å². The van der Waals surface area contributed by atoms with Crippen molar-refractivity contribution in [3.05, 3.63) is 45.5 Å². The summed E-state index contributed by atoms with van der Waals surface area (Å²) in [6.45, 7) is 0.452. The maximum Gasteiger partial charge on any atom is 0.271 e. The van der Waals surface area contributed by atoms with Crippen molar-refractivity contribution in [2.45, 2.75) is 10.6 Å². The Morgan fingerprint density at radius 2 is 2.05 bits per heavy atom. The molecule has 4 nitrogen and oxygen atoms in total. The molecular weight excluding hydrogens is 367 g/mol. The lowest BCUT2D eigenvalue weighted by Crippen LogP contribution is -2.12. The van der Waals surface area contributed by atoms with E-state index in [0.29, 0.717) is 17.4 Å². The summed E-state index contributed by atoms with van der Waals surface area (Å²) in [6, 6.07) is 7.27. The molecule has 0 spiro atoms. The summed E-state index contributed by atoms with van der Waals surface area (Å²) in [7, 11) is -3.78. The Kier molecular flexibility index (Phi) is 4.79. The second-order valence-electron chi connectivity index (χ2n) is 3.99. The molecule has 0 aliphatic carbocycles. The van der Waals surface area contributed by atoms with Gasteiger partial charge < -0.3 is 5.73 Å². The number of halogens is 2. The molecule has 0 atom stereocenters. The van der Waals surface area contributed by atoms with Gasteiger partial charge in [-0.05, 0) is 43.3 Å². The molecule has 0 aliphatic heterocycles. The maximum absolute atomic E-state index is 13.6. The van der Waals surface area contributed by atoms with Crippen LogP contribution in [0.3, 0.4) is 0 Å². The summed E-state index contributed by atoms with van der Waals surface area (Å²) in [5.41, 5.74) is 5.34. The zero-order valence-electron chi connectivity index (χ0n) is 10.3. The summed E-state index contributed by atoms with van der Waals surface area (Å²) in [6.07, 6.45) is 0.617. The van der Waals surface area contributed by atoms with Crippen molar-refractivity contribution in [2.75, 3.05) is 11.3 Å². The molecule has 1 aromatic carbocycles. The molecule has 0 amide bonds. The van der Waals surface area contributed by atoms with Gasteiger partial charge in [-0.2, -0.15) is 0 Å². The number of rotatable bonds is 5. The van der Waals surface area contributed by atoms with E-state index in [2.05, 4.69) is 20.7 Å². The van der Waals surface area contributed by atoms with Gasteiger partial charge in [0.25, 0.3) is 10.0 Å². The second-order valence-corrected chi connectivity index (χ2v) is 7.98. The number of nitrogens with one attached hydrogen (secondary N) is 1. The third-order valence-electron chi connectivity index (χ3n) is 2.47. The molecule has 20 heavy (non-hydrogen) atoms. The lowest BCUT2D eigenvalue weighted by atomic mass is 10.3. The van der Waals surface area contributed by atoms with Crippen molar-refractivity contribution in [2.24, 2.45) is 5.73 Å². The lowest BCUT2D eigenvalue weighted by molar-refractivity contribution is 0.600. The molecule has 0 radical (unpaired) electrons. The molecule has 2 rings (SSSR count). The van der Waals surface area contributed by atoms with Crippen molar-refractivity contribution in [1.29, 1.82) is 0 Å². The second kappa shape index (κ2) is 6.21. The molecule has 1 aromatic heterocycles. The highest BCUT2D eigenvalue weighted by molar-refractivity contribution is 9.10. The predicted molar refractivity (Wildman–Crippen MR) is 82.0 cm³/mol. The van der Waals surface area contributed by atoms with Crippen LogP contribution in [0.5, 0.6) is 0 Å². The van der Waals surface area contributed by atoms with Gasteiger partial charge in [-0.25, -0.2) is 12.8 Å². The van der Waals surface area contributed by atoms with Gasteiger partial charge in [-0.15, -0.1) is 11.3 Å². The number of hydrogen-bond acceptors (Lipinski definition) is 4. The smallest absolute Gasteiger partial charge is 0.271 e. The summed E-state index contributed by atoms with van der Waals surface area (Å²) in [5, 5.41) is 0. The Bertz CT molecular complexity index is 716. The van der Waals surface area contributed by atoms with Crippen LogP contribution in [0, 0.1) is 5.82 Å². The molecule has 0 fully saturated rings. The average Bonchev–Trinajstić information content (AvgIpc) is 2.83. The number of anilines is 1. The van der Waals surface area contributed by atoms with E-state index in [0.717, 1.165) is 16.2 Å². The SMILES string of the molecule is NCCc1ccc(S(=O)(=O)Nc2cc(Br)ccc2F)s1. The van der Waals surface area contributed by atoms with Crippen LogP contribution in [0.15, 0.2) is 39.0 Å². The zero-order valence-corrected chi connectivity index (χ0v) is 13.5. The fourth-order valence-corrected chi connectivity index (χ4v) is 4.34. The van der Waals surface area contributed by atoms with E-state index in [1.165, 1.54) is 24.3 Å². The molecule has 3 N–H and O–H groups in total. The van der Waals surface area contributed by atoms with Crippen LogP contribution in [0.25, 0.3) is 0 Å². The zero-order chi connectivity index (χ0) is 14.8. The third-order valence-corrected chi connectivity index (χ3v) is 5.96. The molecule has 0 saturated heterocycles. The highest BCUT2D eigenvalue weighted by Gasteiger charge is 2.18. The van der Waals surface area contributed by atoms with E-state index in [9.17, 15) is 12.8 Å². The highest BCUT2D eigenvalue weighted by Crippen LogP contribution is 2.26. The number of thiophene rings is 1. The molecule has 8 heteroatoms. The van der Waals surface area contributed by atoms with Gasteiger partial charge in [0.2, 0.25) is 0 Å². The first-order valence-electron chi connectivity index (χ1n) is 5.69. The predicted octanol–water partition coefficient (Wildman–Crippen LogP) is 2.95. The minimum atomic E-state index is -3.78. The highest BCUT2D eigenvalue weighted by atomic mass is 79.9. The normalized spacial score (nSPS) is 11.6. The number of benzene rings is 1. The lowest BCUT2D eigenvalue weighted by Gasteiger charge is -2.07. The van der Waals surface area contributed by atoms with Crippen molar-refractivity contribution in [1.82, 2.24) is 0 Å². The molecule has 0 bridgehead atoms. The number of sulfonamides is 1. The Hall–Kier alpha value is -0.960. The van der Waals surface area contributed by atoms with E-state index in [4.69, 9.17) is 5.73 Å². The van der Waals surface area contributed by atoms with Crippen LogP contribution >= 0.6 is 27.3 Å². The third kappa shape index (κ3) is 3.57. The largest absolute Gasteiger partial charge is 0.330 e. The van der Waals surface area contributed by atoms with Crippen LogP contribution in [-0.4, -0.2) is 15.0 Å². The van der Waals surface area contributed by atoms with E-state index < -0.39 is 15.8 Å². The van der Waals surface area contributed by atoms with Crippen molar-refractivity contribution < 1.29 is 12.8 Å². The molecule has 108 valence electrons. The van der Waals surface area contributed by atoms with Crippen LogP contribution in [0.2, 0.25) is 0 Å². The van der Waals surface area contributed by atoms with Gasteiger partial charge in [-0.3, -0.25) is 4.72 Å². The molecule has 2 aromatic rings. The Labute approximate surface area is 129 Å². The molecule has 0 saturated carbocycles. The van der Waals surface area contributed by atoms with Crippen LogP contribution in [-0.2, 0) is 16.4 Å². The molecule has 1 heterocycles. The number of nitrogens with two attached hydrogens (primary N) is 1. The van der Waals surface area contributed by atoms with Crippen LogP contribution in [0.1, 0.15) is 4.88 Å². The summed E-state index contributed by atoms with van der Waals surface area (Å²) < 4.78 is 40.9. The van der Waals surface area contributed by atoms with Gasteiger partial charge in [-0.1, -0.05) is 15.9 Å². The van der Waals surface area contributed by atoms with Gasteiger partial charge in [0.1, 0.15) is 10.0 Å². The molecular formula is C12H12BrFN2O2S2. The first kappa shape index (κ1) is 15.4. The van der Waals surface area contributed by atoms with Crippen molar-refractivity contribution in [3.63, 3.8) is 0 Å². The minimum absolute atomic E-state index is 0.0897. The Morgan fingerprint density at radius 3 is 2.75 bits per heavy atom. The monoisotopic (exact) mass is 378 g/mol. The first-order chi connectivity index (χ1) is 9.42. The molecule has 0 aliphatic rings. The van der Waals surface area contributed by atoms with E-state index >= 15 is 0 Å². The van der Waals surface area contributed by atoms with Gasteiger partial charge >= 0.3 is 0 Å². The number of hydrogen-bond donors (Lipinski definition) is 2. The fourth-order valence-electron chi connectivity index (χ4n) is 1.55. The first-order valence-corrected chi connectivity index (χ1v) is 8.78. The van der Waals surface area contributed by atoms with Crippen molar-refractivity contribution in [3.8, 4) is 0 Å². The molecule has 0 unspecified atom stereocenters. The summed E-state index contributed by atoms with van der Waals surface area (Å²) in [4.78, 5) is 0.877. The van der Waals surface area contributed by atoms with E-state index in [-0.39, 0.29) is 9.90 Å². The van der Waals surface area contributed by atoms with Crippen molar-refractivity contribution >= 4 is 43.0 Å². The Morgan fingerprint density at radius 1 is 1.30 bits per heavy atom. The maximum atomic E-state index is 13.6. The summed E-state index contributed by atoms with van der Waals surface area (Å²) >= 11 is 4.30. The quantitative estimate of drug-likeness (QED) is 0.839. The van der Waals surface area contributed by atoms with Gasteiger partial charge in [0.15, 0.2) is 0 Å². The minimum Gasteiger partial charge on any atom is -0.330 e. The Balaban J connectivity index is 2.28. The standard InChI is InChI=1S/C12H12BrFN2O2S2/c13-8-1-3-10(14)11(7-8)16-20(17,18)12-4-2-9(19-12)5-6-15/h1-4,7,16H,5-6,15H2. The average molecular weight is 379 g/mol. The van der Waals surface area contributed by atoms with E-state index in [1.54, 1.807) is 6.07 Å². The van der Waals surface area contributed by atoms with Gasteiger partial charge in [0, 0.05) is 9.35 Å².